The zero-order valence-corrected chi connectivity index (χ0v) is 7.72. The van der Waals surface area contributed by atoms with E-state index in [1.54, 1.807) is 0 Å². The van der Waals surface area contributed by atoms with Crippen molar-refractivity contribution in [3.63, 3.8) is 0 Å². The van der Waals surface area contributed by atoms with Crippen LogP contribution in [-0.4, -0.2) is 12.5 Å². The molecule has 48 valence electrons. The molecule has 0 aromatic carbocycles. The Hall–Kier alpha value is 1.02. The normalized spacial score (nSPS) is 13.5. The summed E-state index contributed by atoms with van der Waals surface area (Å²) in [5, 5.41) is 0. The van der Waals surface area contributed by atoms with Gasteiger partial charge in [-0.2, -0.15) is 0 Å². The lowest BCUT2D eigenvalue weighted by Gasteiger charge is -1.92. The second kappa shape index (κ2) is 4.86. The summed E-state index contributed by atoms with van der Waals surface area (Å²) in [6.07, 6.45) is 3.78. The second-order valence-electron chi connectivity index (χ2n) is 0.956. The molecule has 0 aliphatic carbocycles. The molecular formula is C4H6Cl2S2. The van der Waals surface area contributed by atoms with Crippen molar-refractivity contribution in [2.75, 3.05) is 12.5 Å². The molecule has 0 unspecified atom stereocenters. The Balaban J connectivity index is 3.83. The van der Waals surface area contributed by atoms with Gasteiger partial charge in [0.15, 0.2) is 0 Å². The van der Waals surface area contributed by atoms with E-state index in [4.69, 9.17) is 23.2 Å². The first kappa shape index (κ1) is 9.02. The highest BCUT2D eigenvalue weighted by molar-refractivity contribution is 8.08. The summed E-state index contributed by atoms with van der Waals surface area (Å²) in [5.74, 6) is 0. The molecule has 0 radical (unpaired) electrons. The molecule has 0 fully saturated rings. The van der Waals surface area contributed by atoms with Crippen LogP contribution >= 0.6 is 46.7 Å². The minimum absolute atomic E-state index is 0.666. The SMILES string of the molecule is CS/C(Cl)=C(\Cl)SC. The predicted octanol–water partition coefficient (Wildman–Crippen LogP) is 3.32. The van der Waals surface area contributed by atoms with Crippen LogP contribution in [0.4, 0.5) is 0 Å². The molecule has 0 nitrogen and oxygen atoms in total. The van der Waals surface area contributed by atoms with Crippen molar-refractivity contribution in [3.8, 4) is 0 Å². The van der Waals surface area contributed by atoms with E-state index in [-0.39, 0.29) is 0 Å². The molecular weight excluding hydrogens is 183 g/mol. The third-order valence-electron chi connectivity index (χ3n) is 0.513. The van der Waals surface area contributed by atoms with Crippen LogP contribution in [-0.2, 0) is 0 Å². The van der Waals surface area contributed by atoms with Gasteiger partial charge in [-0.15, -0.1) is 23.5 Å². The maximum atomic E-state index is 5.61. The van der Waals surface area contributed by atoms with Crippen LogP contribution in [0.5, 0.6) is 0 Å². The Bertz CT molecular complexity index is 88.2. The van der Waals surface area contributed by atoms with Gasteiger partial charge in [-0.25, -0.2) is 0 Å². The van der Waals surface area contributed by atoms with Gasteiger partial charge in [0.2, 0.25) is 0 Å². The van der Waals surface area contributed by atoms with Crippen molar-refractivity contribution in [1.82, 2.24) is 0 Å². The molecule has 0 N–H and O–H groups in total. The van der Waals surface area contributed by atoms with Crippen molar-refractivity contribution in [2.24, 2.45) is 0 Å². The van der Waals surface area contributed by atoms with Crippen LogP contribution in [0.1, 0.15) is 0 Å². The zero-order valence-electron chi connectivity index (χ0n) is 4.57. The van der Waals surface area contributed by atoms with Crippen molar-refractivity contribution < 1.29 is 0 Å². The molecule has 0 atom stereocenters. The molecule has 0 saturated heterocycles. The molecule has 0 aromatic heterocycles. The second-order valence-corrected chi connectivity index (χ2v) is 3.79. The van der Waals surface area contributed by atoms with Gasteiger partial charge in [0.1, 0.15) is 0 Å². The molecule has 0 amide bonds. The van der Waals surface area contributed by atoms with E-state index in [0.29, 0.717) is 8.73 Å². The number of hydrogen-bond donors (Lipinski definition) is 0. The van der Waals surface area contributed by atoms with Crippen molar-refractivity contribution >= 4 is 46.7 Å². The van der Waals surface area contributed by atoms with E-state index < -0.39 is 0 Å². The Morgan fingerprint density at radius 2 is 1.25 bits per heavy atom. The summed E-state index contributed by atoms with van der Waals surface area (Å²) in [7, 11) is 0. The molecule has 0 bridgehead atoms. The maximum Gasteiger partial charge on any atom is 0.0983 e. The van der Waals surface area contributed by atoms with Gasteiger partial charge in [-0.1, -0.05) is 23.2 Å². The summed E-state index contributed by atoms with van der Waals surface area (Å²) in [4.78, 5) is 0. The quantitative estimate of drug-likeness (QED) is 0.653. The lowest BCUT2D eigenvalue weighted by Crippen LogP contribution is -1.62. The zero-order chi connectivity index (χ0) is 6.57. The smallest absolute Gasteiger partial charge is 0.0983 e. The largest absolute Gasteiger partial charge is 0.115 e. The Labute approximate surface area is 68.0 Å². The predicted molar refractivity (Wildman–Crippen MR) is 45.8 cm³/mol. The van der Waals surface area contributed by atoms with Gasteiger partial charge in [-0.05, 0) is 12.5 Å². The summed E-state index contributed by atoms with van der Waals surface area (Å²) in [6.45, 7) is 0. The fraction of sp³-hybridized carbons (Fsp3) is 0.500. The summed E-state index contributed by atoms with van der Waals surface area (Å²) < 4.78 is 1.33. The molecule has 0 rings (SSSR count). The van der Waals surface area contributed by atoms with E-state index in [1.165, 1.54) is 23.5 Å². The van der Waals surface area contributed by atoms with Crippen molar-refractivity contribution in [3.05, 3.63) is 8.73 Å². The number of hydrogen-bond acceptors (Lipinski definition) is 2. The van der Waals surface area contributed by atoms with E-state index in [9.17, 15) is 0 Å². The van der Waals surface area contributed by atoms with Gasteiger partial charge in [-0.3, -0.25) is 0 Å². The molecule has 8 heavy (non-hydrogen) atoms. The molecule has 0 heterocycles. The van der Waals surface area contributed by atoms with Gasteiger partial charge in [0.05, 0.1) is 8.73 Å². The van der Waals surface area contributed by atoms with Crippen molar-refractivity contribution in [2.45, 2.75) is 0 Å². The third kappa shape index (κ3) is 3.13. The molecule has 0 aromatic rings. The summed E-state index contributed by atoms with van der Waals surface area (Å²) >= 11 is 14.1. The van der Waals surface area contributed by atoms with Gasteiger partial charge >= 0.3 is 0 Å². The fourth-order valence-corrected chi connectivity index (χ4v) is 1.44. The third-order valence-corrected chi connectivity index (χ3v) is 3.39. The van der Waals surface area contributed by atoms with Crippen LogP contribution in [0.2, 0.25) is 0 Å². The summed E-state index contributed by atoms with van der Waals surface area (Å²) in [6, 6.07) is 0. The monoisotopic (exact) mass is 188 g/mol. The van der Waals surface area contributed by atoms with E-state index >= 15 is 0 Å². The molecule has 4 heteroatoms. The van der Waals surface area contributed by atoms with Crippen LogP contribution in [0.15, 0.2) is 8.73 Å². The number of thioether (sulfide) groups is 2. The van der Waals surface area contributed by atoms with Crippen LogP contribution in [0.25, 0.3) is 0 Å². The van der Waals surface area contributed by atoms with E-state index in [0.717, 1.165) is 0 Å². The van der Waals surface area contributed by atoms with Gasteiger partial charge < -0.3 is 0 Å². The molecule has 0 spiro atoms. The minimum atomic E-state index is 0.666. The number of halogens is 2. The first-order valence-electron chi connectivity index (χ1n) is 1.85. The summed E-state index contributed by atoms with van der Waals surface area (Å²) in [5.41, 5.74) is 0. The first-order chi connectivity index (χ1) is 3.72. The van der Waals surface area contributed by atoms with Crippen LogP contribution in [0.3, 0.4) is 0 Å². The Morgan fingerprint density at radius 3 is 1.38 bits per heavy atom. The Kier molecular flexibility index (Phi) is 5.48. The molecule has 0 saturated carbocycles. The highest BCUT2D eigenvalue weighted by atomic mass is 35.5. The van der Waals surface area contributed by atoms with Gasteiger partial charge in [0.25, 0.3) is 0 Å². The van der Waals surface area contributed by atoms with E-state index in [1.807, 2.05) is 12.5 Å². The van der Waals surface area contributed by atoms with Crippen molar-refractivity contribution in [1.29, 1.82) is 0 Å². The fourth-order valence-electron chi connectivity index (χ4n) is 0.160. The Morgan fingerprint density at radius 1 is 1.00 bits per heavy atom. The topological polar surface area (TPSA) is 0 Å². The van der Waals surface area contributed by atoms with Crippen LogP contribution in [0, 0.1) is 0 Å². The lowest BCUT2D eigenvalue weighted by molar-refractivity contribution is 2.24. The average Bonchev–Trinajstić information content (AvgIpc) is 1.84. The standard InChI is InChI=1S/C4H6Cl2S2/c1-7-3(5)4(6)8-2/h1-2H3/b4-3+. The van der Waals surface area contributed by atoms with Crippen LogP contribution < -0.4 is 0 Å². The first-order valence-corrected chi connectivity index (χ1v) is 5.06. The molecule has 0 aliphatic rings. The number of rotatable bonds is 2. The van der Waals surface area contributed by atoms with Gasteiger partial charge in [0, 0.05) is 0 Å². The average molecular weight is 189 g/mol. The lowest BCUT2D eigenvalue weighted by atomic mass is 11.2. The van der Waals surface area contributed by atoms with E-state index in [2.05, 4.69) is 0 Å². The minimum Gasteiger partial charge on any atom is -0.115 e. The highest BCUT2D eigenvalue weighted by Gasteiger charge is 1.95. The molecule has 0 aliphatic heterocycles. The maximum absolute atomic E-state index is 5.61. The highest BCUT2D eigenvalue weighted by Crippen LogP contribution is 2.30.